The summed E-state index contributed by atoms with van der Waals surface area (Å²) in [4.78, 5) is 30.2. The second-order valence-corrected chi connectivity index (χ2v) is 6.83. The van der Waals surface area contributed by atoms with Crippen LogP contribution in [0.25, 0.3) is 0 Å². The first-order valence-electron chi connectivity index (χ1n) is 9.40. The van der Waals surface area contributed by atoms with Gasteiger partial charge in [0, 0.05) is 31.5 Å². The number of nitrogens with one attached hydrogen (secondary N) is 1. The maximum Gasteiger partial charge on any atom is 0.307 e. The number of hydrogen-bond acceptors (Lipinski definition) is 6. The van der Waals surface area contributed by atoms with Crippen molar-refractivity contribution in [1.29, 1.82) is 0 Å². The van der Waals surface area contributed by atoms with Gasteiger partial charge in [-0.3, -0.25) is 9.59 Å². The van der Waals surface area contributed by atoms with Gasteiger partial charge in [-0.15, -0.1) is 24.8 Å². The number of halogens is 2. The standard InChI is InChI=1S/C18H28N4O4.2ClH/c1-25-16(23)6-13-26-15-4-10-21(11-5-15)18(24)17-20-9-12-22(17)14-2-7-19-8-3-14;;/h9,12,14-15,19H,2-8,10-11,13H2,1H3;2*1H. The average molecular weight is 437 g/mol. The summed E-state index contributed by atoms with van der Waals surface area (Å²) in [5.74, 6) is 0.283. The van der Waals surface area contributed by atoms with E-state index in [1.165, 1.54) is 7.11 Å². The van der Waals surface area contributed by atoms with Gasteiger partial charge in [0.2, 0.25) is 0 Å². The number of likely N-dealkylation sites (tertiary alicyclic amines) is 1. The van der Waals surface area contributed by atoms with Crippen molar-refractivity contribution in [2.45, 2.75) is 44.2 Å². The summed E-state index contributed by atoms with van der Waals surface area (Å²) < 4.78 is 12.4. The van der Waals surface area contributed by atoms with Crippen molar-refractivity contribution in [2.75, 3.05) is 39.9 Å². The minimum absolute atomic E-state index is 0. The van der Waals surface area contributed by atoms with E-state index in [0.29, 0.717) is 31.6 Å². The molecule has 0 aliphatic carbocycles. The Bertz CT molecular complexity index is 614. The highest BCUT2D eigenvalue weighted by molar-refractivity contribution is 5.91. The molecule has 10 heteroatoms. The fourth-order valence-electron chi connectivity index (χ4n) is 3.64. The molecule has 2 saturated heterocycles. The molecule has 0 radical (unpaired) electrons. The third kappa shape index (κ3) is 6.34. The van der Waals surface area contributed by atoms with Gasteiger partial charge in [-0.05, 0) is 38.8 Å². The maximum absolute atomic E-state index is 12.9. The summed E-state index contributed by atoms with van der Waals surface area (Å²) in [6.07, 6.45) is 7.60. The second-order valence-electron chi connectivity index (χ2n) is 6.83. The lowest BCUT2D eigenvalue weighted by Gasteiger charge is -2.32. The molecule has 2 fully saturated rings. The van der Waals surface area contributed by atoms with Crippen LogP contribution >= 0.6 is 24.8 Å². The van der Waals surface area contributed by atoms with Gasteiger partial charge in [-0.1, -0.05) is 0 Å². The van der Waals surface area contributed by atoms with Gasteiger partial charge in [0.05, 0.1) is 26.2 Å². The SMILES string of the molecule is COC(=O)CCOC1CCN(C(=O)c2nccn2C2CCNCC2)CC1.Cl.Cl. The third-order valence-electron chi connectivity index (χ3n) is 5.18. The number of ether oxygens (including phenoxy) is 2. The Morgan fingerprint density at radius 3 is 2.50 bits per heavy atom. The molecule has 1 N–H and O–H groups in total. The fourth-order valence-corrected chi connectivity index (χ4v) is 3.64. The molecule has 0 aromatic carbocycles. The van der Waals surface area contributed by atoms with Gasteiger partial charge in [0.15, 0.2) is 5.82 Å². The van der Waals surface area contributed by atoms with E-state index in [1.807, 2.05) is 15.7 Å². The molecule has 1 aromatic rings. The topological polar surface area (TPSA) is 85.7 Å². The van der Waals surface area contributed by atoms with Crippen molar-refractivity contribution in [3.63, 3.8) is 0 Å². The van der Waals surface area contributed by atoms with E-state index in [-0.39, 0.29) is 49.2 Å². The zero-order valence-corrected chi connectivity index (χ0v) is 17.8. The van der Waals surface area contributed by atoms with Crippen LogP contribution in [0.15, 0.2) is 12.4 Å². The molecule has 3 heterocycles. The lowest BCUT2D eigenvalue weighted by atomic mass is 10.1. The number of imidazole rings is 1. The van der Waals surface area contributed by atoms with Gasteiger partial charge >= 0.3 is 5.97 Å². The molecular formula is C18H30Cl2N4O4. The van der Waals surface area contributed by atoms with E-state index >= 15 is 0 Å². The molecule has 0 unspecified atom stereocenters. The number of aromatic nitrogens is 2. The Labute approximate surface area is 178 Å². The molecule has 0 saturated carbocycles. The summed E-state index contributed by atoms with van der Waals surface area (Å²) in [5.41, 5.74) is 0. The van der Waals surface area contributed by atoms with Gasteiger partial charge in [-0.25, -0.2) is 4.98 Å². The Morgan fingerprint density at radius 2 is 1.86 bits per heavy atom. The normalized spacial score (nSPS) is 18.1. The summed E-state index contributed by atoms with van der Waals surface area (Å²) in [5, 5.41) is 3.35. The first kappa shape index (κ1) is 24.7. The smallest absolute Gasteiger partial charge is 0.307 e. The van der Waals surface area contributed by atoms with E-state index < -0.39 is 0 Å². The number of methoxy groups -OCH3 is 1. The van der Waals surface area contributed by atoms with Crippen LogP contribution in [-0.2, 0) is 14.3 Å². The summed E-state index contributed by atoms with van der Waals surface area (Å²) in [6.45, 7) is 3.63. The number of rotatable bonds is 6. The zero-order valence-electron chi connectivity index (χ0n) is 16.2. The van der Waals surface area contributed by atoms with Crippen molar-refractivity contribution >= 4 is 36.7 Å². The van der Waals surface area contributed by atoms with E-state index in [9.17, 15) is 9.59 Å². The highest BCUT2D eigenvalue weighted by atomic mass is 35.5. The first-order chi connectivity index (χ1) is 12.7. The predicted molar refractivity (Wildman–Crippen MR) is 109 cm³/mol. The second kappa shape index (κ2) is 12.3. The van der Waals surface area contributed by atoms with Crippen molar-refractivity contribution in [3.05, 3.63) is 18.2 Å². The monoisotopic (exact) mass is 436 g/mol. The van der Waals surface area contributed by atoms with Gasteiger partial charge in [0.25, 0.3) is 5.91 Å². The van der Waals surface area contributed by atoms with Crippen molar-refractivity contribution < 1.29 is 19.1 Å². The van der Waals surface area contributed by atoms with Crippen LogP contribution in [0.4, 0.5) is 0 Å². The average Bonchev–Trinajstić information content (AvgIpc) is 3.18. The maximum atomic E-state index is 12.9. The van der Waals surface area contributed by atoms with Crippen LogP contribution in [0, 0.1) is 0 Å². The molecular weight excluding hydrogens is 407 g/mol. The Hall–Kier alpha value is -1.35. The third-order valence-corrected chi connectivity index (χ3v) is 5.18. The number of esters is 1. The summed E-state index contributed by atoms with van der Waals surface area (Å²) in [7, 11) is 1.38. The molecule has 2 aliphatic rings. The van der Waals surface area contributed by atoms with Crippen LogP contribution in [0.1, 0.15) is 48.8 Å². The Kier molecular flexibility index (Phi) is 10.8. The predicted octanol–water partition coefficient (Wildman–Crippen LogP) is 1.84. The minimum Gasteiger partial charge on any atom is -0.469 e. The molecule has 0 atom stereocenters. The number of carbonyl (C=O) groups excluding carboxylic acids is 2. The molecule has 160 valence electrons. The largest absolute Gasteiger partial charge is 0.469 e. The van der Waals surface area contributed by atoms with Crippen molar-refractivity contribution in [2.24, 2.45) is 0 Å². The van der Waals surface area contributed by atoms with E-state index in [0.717, 1.165) is 38.8 Å². The lowest BCUT2D eigenvalue weighted by Crippen LogP contribution is -2.42. The van der Waals surface area contributed by atoms with E-state index in [4.69, 9.17) is 4.74 Å². The van der Waals surface area contributed by atoms with Gasteiger partial charge < -0.3 is 24.3 Å². The zero-order chi connectivity index (χ0) is 18.4. The first-order valence-corrected chi connectivity index (χ1v) is 9.40. The number of amides is 1. The molecule has 0 bridgehead atoms. The van der Waals surface area contributed by atoms with Crippen LogP contribution in [0.2, 0.25) is 0 Å². The van der Waals surface area contributed by atoms with Crippen LogP contribution in [0.3, 0.4) is 0 Å². The summed E-state index contributed by atoms with van der Waals surface area (Å²) >= 11 is 0. The van der Waals surface area contributed by atoms with E-state index in [1.54, 1.807) is 6.20 Å². The molecule has 1 amide bonds. The molecule has 8 nitrogen and oxygen atoms in total. The molecule has 1 aromatic heterocycles. The minimum atomic E-state index is -0.262. The molecule has 0 spiro atoms. The lowest BCUT2D eigenvalue weighted by molar-refractivity contribution is -0.142. The molecule has 28 heavy (non-hydrogen) atoms. The number of piperidine rings is 2. The van der Waals surface area contributed by atoms with Crippen molar-refractivity contribution in [1.82, 2.24) is 19.8 Å². The van der Waals surface area contributed by atoms with Crippen LogP contribution < -0.4 is 5.32 Å². The molecule has 2 aliphatic heterocycles. The molecule has 3 rings (SSSR count). The highest BCUT2D eigenvalue weighted by Crippen LogP contribution is 2.22. The summed E-state index contributed by atoms with van der Waals surface area (Å²) in [6, 6.07) is 0.344. The number of nitrogens with zero attached hydrogens (tertiary/aromatic N) is 3. The van der Waals surface area contributed by atoms with Crippen LogP contribution in [-0.4, -0.2) is 72.3 Å². The Balaban J connectivity index is 0.00000196. The van der Waals surface area contributed by atoms with Crippen molar-refractivity contribution in [3.8, 4) is 0 Å². The Morgan fingerprint density at radius 1 is 1.18 bits per heavy atom. The van der Waals surface area contributed by atoms with Gasteiger partial charge in [0.1, 0.15) is 0 Å². The van der Waals surface area contributed by atoms with Gasteiger partial charge in [-0.2, -0.15) is 0 Å². The number of hydrogen-bond donors (Lipinski definition) is 1. The quantitative estimate of drug-likeness (QED) is 0.684. The highest BCUT2D eigenvalue weighted by Gasteiger charge is 2.28. The fraction of sp³-hybridized carbons (Fsp3) is 0.722. The van der Waals surface area contributed by atoms with E-state index in [2.05, 4.69) is 15.0 Å². The number of carbonyl (C=O) groups is 2. The van der Waals surface area contributed by atoms with Crippen LogP contribution in [0.5, 0.6) is 0 Å².